The van der Waals surface area contributed by atoms with E-state index in [9.17, 15) is 4.79 Å². The van der Waals surface area contributed by atoms with E-state index in [0.29, 0.717) is 10.9 Å². The average Bonchev–Trinajstić information content (AvgIpc) is 2.43. The van der Waals surface area contributed by atoms with Crippen LogP contribution in [0.25, 0.3) is 0 Å². The molecule has 21 heavy (non-hydrogen) atoms. The lowest BCUT2D eigenvalue weighted by Gasteiger charge is -2.30. The first-order chi connectivity index (χ1) is 9.90. The fourth-order valence-corrected chi connectivity index (χ4v) is 3.03. The standard InChI is InChI=1S/C15H26N4OS/c1-7-12-13(8-2)17-18-15(16-12)21-9-14(20)19(10(3)4)11(5)6/h10-11H,7-9H2,1-6H3. The van der Waals surface area contributed by atoms with Crippen LogP contribution < -0.4 is 0 Å². The Kier molecular flexibility index (Phi) is 7.08. The van der Waals surface area contributed by atoms with Crippen LogP contribution in [-0.2, 0) is 17.6 Å². The third kappa shape index (κ3) is 4.95. The van der Waals surface area contributed by atoms with Gasteiger partial charge in [0.2, 0.25) is 11.1 Å². The fraction of sp³-hybridized carbons (Fsp3) is 0.733. The van der Waals surface area contributed by atoms with E-state index in [1.165, 1.54) is 11.8 Å². The molecule has 1 aromatic heterocycles. The van der Waals surface area contributed by atoms with Gasteiger partial charge < -0.3 is 4.90 Å². The fourth-order valence-electron chi connectivity index (χ4n) is 2.36. The van der Waals surface area contributed by atoms with E-state index in [4.69, 9.17) is 0 Å². The Bertz CT molecular complexity index is 469. The van der Waals surface area contributed by atoms with E-state index in [-0.39, 0.29) is 18.0 Å². The molecule has 0 fully saturated rings. The molecule has 0 spiro atoms. The van der Waals surface area contributed by atoms with Crippen LogP contribution in [0.4, 0.5) is 0 Å². The number of carbonyl (C=O) groups is 1. The lowest BCUT2D eigenvalue weighted by atomic mass is 10.2. The van der Waals surface area contributed by atoms with Gasteiger partial charge in [-0.1, -0.05) is 25.6 Å². The van der Waals surface area contributed by atoms with Gasteiger partial charge in [0.05, 0.1) is 17.1 Å². The molecule has 118 valence electrons. The largest absolute Gasteiger partial charge is 0.337 e. The summed E-state index contributed by atoms with van der Waals surface area (Å²) in [4.78, 5) is 18.7. The summed E-state index contributed by atoms with van der Waals surface area (Å²) in [6.45, 7) is 12.2. The monoisotopic (exact) mass is 310 g/mol. The number of aromatic nitrogens is 3. The first-order valence-electron chi connectivity index (χ1n) is 7.57. The Morgan fingerprint density at radius 2 is 1.62 bits per heavy atom. The number of amides is 1. The third-order valence-electron chi connectivity index (χ3n) is 3.22. The van der Waals surface area contributed by atoms with Gasteiger partial charge in [0.1, 0.15) is 0 Å². The molecule has 0 saturated carbocycles. The smallest absolute Gasteiger partial charge is 0.233 e. The van der Waals surface area contributed by atoms with Crippen LogP contribution in [0.2, 0.25) is 0 Å². The Morgan fingerprint density at radius 3 is 2.10 bits per heavy atom. The van der Waals surface area contributed by atoms with Crippen molar-refractivity contribution >= 4 is 17.7 Å². The van der Waals surface area contributed by atoms with E-state index >= 15 is 0 Å². The highest BCUT2D eigenvalue weighted by Gasteiger charge is 2.20. The predicted octanol–water partition coefficient (Wildman–Crippen LogP) is 2.73. The minimum atomic E-state index is 0.117. The molecule has 5 nitrogen and oxygen atoms in total. The van der Waals surface area contributed by atoms with Crippen molar-refractivity contribution in [3.63, 3.8) is 0 Å². The molecular formula is C15H26N4OS. The highest BCUT2D eigenvalue weighted by atomic mass is 32.2. The van der Waals surface area contributed by atoms with E-state index in [0.717, 1.165) is 24.2 Å². The molecule has 1 aromatic rings. The molecule has 0 aliphatic carbocycles. The van der Waals surface area contributed by atoms with Crippen molar-refractivity contribution in [2.45, 2.75) is 71.6 Å². The van der Waals surface area contributed by atoms with E-state index in [1.54, 1.807) is 0 Å². The van der Waals surface area contributed by atoms with Gasteiger partial charge in [0, 0.05) is 12.1 Å². The van der Waals surface area contributed by atoms with E-state index < -0.39 is 0 Å². The molecule has 1 amide bonds. The molecule has 0 saturated heterocycles. The van der Waals surface area contributed by atoms with Crippen LogP contribution in [0.3, 0.4) is 0 Å². The van der Waals surface area contributed by atoms with Crippen LogP contribution >= 0.6 is 11.8 Å². The second-order valence-electron chi connectivity index (χ2n) is 5.47. The Labute approximate surface area is 131 Å². The second-order valence-corrected chi connectivity index (χ2v) is 6.41. The summed E-state index contributed by atoms with van der Waals surface area (Å²) < 4.78 is 0. The minimum absolute atomic E-state index is 0.117. The van der Waals surface area contributed by atoms with Crippen LogP contribution in [0.5, 0.6) is 0 Å². The molecule has 0 aliphatic rings. The molecule has 0 aliphatic heterocycles. The number of rotatable bonds is 7. The van der Waals surface area contributed by atoms with Gasteiger partial charge in [0.15, 0.2) is 0 Å². The summed E-state index contributed by atoms with van der Waals surface area (Å²) in [5.41, 5.74) is 1.92. The van der Waals surface area contributed by atoms with Crippen molar-refractivity contribution in [2.24, 2.45) is 0 Å². The molecule has 0 radical (unpaired) electrons. The maximum absolute atomic E-state index is 12.3. The lowest BCUT2D eigenvalue weighted by molar-refractivity contribution is -0.131. The number of carbonyl (C=O) groups excluding carboxylic acids is 1. The minimum Gasteiger partial charge on any atom is -0.337 e. The van der Waals surface area contributed by atoms with Crippen LogP contribution in [0.1, 0.15) is 52.9 Å². The van der Waals surface area contributed by atoms with Gasteiger partial charge in [-0.15, -0.1) is 5.10 Å². The first kappa shape index (κ1) is 17.9. The number of thioether (sulfide) groups is 1. The molecule has 0 atom stereocenters. The summed E-state index contributed by atoms with van der Waals surface area (Å²) in [6, 6.07) is 0.400. The van der Waals surface area contributed by atoms with Crippen molar-refractivity contribution in [3.8, 4) is 0 Å². The van der Waals surface area contributed by atoms with Crippen molar-refractivity contribution < 1.29 is 4.79 Å². The highest BCUT2D eigenvalue weighted by molar-refractivity contribution is 7.99. The first-order valence-corrected chi connectivity index (χ1v) is 8.55. The Morgan fingerprint density at radius 1 is 1.05 bits per heavy atom. The van der Waals surface area contributed by atoms with Crippen molar-refractivity contribution in [1.29, 1.82) is 0 Å². The van der Waals surface area contributed by atoms with Gasteiger partial charge in [-0.3, -0.25) is 4.79 Å². The molecule has 6 heteroatoms. The van der Waals surface area contributed by atoms with E-state index in [2.05, 4.69) is 22.1 Å². The Balaban J connectivity index is 2.72. The molecule has 0 N–H and O–H groups in total. The van der Waals surface area contributed by atoms with Gasteiger partial charge >= 0.3 is 0 Å². The van der Waals surface area contributed by atoms with Gasteiger partial charge in [0.25, 0.3) is 0 Å². The third-order valence-corrected chi connectivity index (χ3v) is 4.04. The Hall–Kier alpha value is -1.17. The molecule has 1 rings (SSSR count). The van der Waals surface area contributed by atoms with Crippen molar-refractivity contribution in [1.82, 2.24) is 20.1 Å². The van der Waals surface area contributed by atoms with Gasteiger partial charge in [-0.05, 0) is 40.5 Å². The summed E-state index contributed by atoms with van der Waals surface area (Å²) in [6.07, 6.45) is 1.67. The molecule has 0 bridgehead atoms. The summed E-state index contributed by atoms with van der Waals surface area (Å²) >= 11 is 1.36. The maximum Gasteiger partial charge on any atom is 0.233 e. The van der Waals surface area contributed by atoms with Crippen LogP contribution in [-0.4, -0.2) is 43.8 Å². The van der Waals surface area contributed by atoms with Crippen LogP contribution in [0.15, 0.2) is 5.16 Å². The lowest BCUT2D eigenvalue weighted by Crippen LogP contribution is -2.43. The SMILES string of the molecule is CCc1nnc(SCC(=O)N(C(C)C)C(C)C)nc1CC. The molecule has 1 heterocycles. The summed E-state index contributed by atoms with van der Waals surface area (Å²) in [5.74, 6) is 0.471. The quantitative estimate of drug-likeness (QED) is 0.725. The molecule has 0 unspecified atom stereocenters. The maximum atomic E-state index is 12.3. The normalized spacial score (nSPS) is 11.2. The van der Waals surface area contributed by atoms with Gasteiger partial charge in [-0.2, -0.15) is 5.10 Å². The number of hydrogen-bond donors (Lipinski definition) is 0. The predicted molar refractivity (Wildman–Crippen MR) is 86.4 cm³/mol. The molecule has 0 aromatic carbocycles. The zero-order chi connectivity index (χ0) is 16.0. The highest BCUT2D eigenvalue weighted by Crippen LogP contribution is 2.16. The average molecular weight is 310 g/mol. The van der Waals surface area contributed by atoms with Crippen molar-refractivity contribution in [3.05, 3.63) is 11.4 Å². The second kappa shape index (κ2) is 8.32. The molecular weight excluding hydrogens is 284 g/mol. The van der Waals surface area contributed by atoms with E-state index in [1.807, 2.05) is 39.5 Å². The summed E-state index contributed by atoms with van der Waals surface area (Å²) in [7, 11) is 0. The van der Waals surface area contributed by atoms with Crippen LogP contribution in [0, 0.1) is 0 Å². The van der Waals surface area contributed by atoms with Crippen molar-refractivity contribution in [2.75, 3.05) is 5.75 Å². The number of aryl methyl sites for hydroxylation is 2. The topological polar surface area (TPSA) is 59.0 Å². The zero-order valence-electron chi connectivity index (χ0n) is 13.9. The number of nitrogens with zero attached hydrogens (tertiary/aromatic N) is 4. The zero-order valence-corrected chi connectivity index (χ0v) is 14.7. The number of hydrogen-bond acceptors (Lipinski definition) is 5. The summed E-state index contributed by atoms with van der Waals surface area (Å²) in [5, 5.41) is 8.90. The van der Waals surface area contributed by atoms with Gasteiger partial charge in [-0.25, -0.2) is 4.98 Å².